The van der Waals surface area contributed by atoms with Crippen LogP contribution >= 0.6 is 11.6 Å². The summed E-state index contributed by atoms with van der Waals surface area (Å²) in [6.45, 7) is 0.682. The Morgan fingerprint density at radius 1 is 0.963 bits per heavy atom. The number of hydrogen-bond acceptors (Lipinski definition) is 3. The van der Waals surface area contributed by atoms with Crippen LogP contribution in [0.25, 0.3) is 11.0 Å². The van der Waals surface area contributed by atoms with Crippen molar-refractivity contribution in [3.63, 3.8) is 0 Å². The van der Waals surface area contributed by atoms with Crippen LogP contribution in [0, 0.1) is 0 Å². The van der Waals surface area contributed by atoms with Crippen LogP contribution in [0.4, 0.5) is 11.6 Å². The number of imidazole rings is 1. The number of aromatic amines is 1. The minimum absolute atomic E-state index is 0.210. The minimum Gasteiger partial charge on any atom is -0.381 e. The number of halogens is 1. The summed E-state index contributed by atoms with van der Waals surface area (Å²) in [5.74, 6) is 0.226. The molecule has 27 heavy (non-hydrogen) atoms. The average molecular weight is 377 g/mol. The highest BCUT2D eigenvalue weighted by Gasteiger charge is 2.09. The van der Waals surface area contributed by atoms with Crippen LogP contribution in [0.5, 0.6) is 0 Å². The maximum atomic E-state index is 12.4. The van der Waals surface area contributed by atoms with Crippen molar-refractivity contribution in [1.29, 1.82) is 0 Å². The van der Waals surface area contributed by atoms with Gasteiger partial charge in [0, 0.05) is 22.8 Å². The molecule has 0 radical (unpaired) electrons. The number of amides is 1. The number of fused-ring (bicyclic) bond motifs is 1. The van der Waals surface area contributed by atoms with E-state index in [-0.39, 0.29) is 5.91 Å². The van der Waals surface area contributed by atoms with Gasteiger partial charge < -0.3 is 10.3 Å². The molecule has 0 saturated heterocycles. The van der Waals surface area contributed by atoms with Gasteiger partial charge in [0.2, 0.25) is 5.95 Å². The van der Waals surface area contributed by atoms with Crippen molar-refractivity contribution in [2.24, 2.45) is 0 Å². The van der Waals surface area contributed by atoms with E-state index in [0.717, 1.165) is 27.3 Å². The Bertz CT molecular complexity index is 1040. The SMILES string of the molecule is O=C(Nc1nc2ccccc2[nH]1)c1ccc(NCc2ccc(Cl)cc2)cc1. The fourth-order valence-electron chi connectivity index (χ4n) is 2.74. The maximum Gasteiger partial charge on any atom is 0.257 e. The number of aromatic nitrogens is 2. The first-order valence-electron chi connectivity index (χ1n) is 8.52. The van der Waals surface area contributed by atoms with E-state index < -0.39 is 0 Å². The van der Waals surface area contributed by atoms with E-state index in [1.807, 2.05) is 60.7 Å². The highest BCUT2D eigenvalue weighted by atomic mass is 35.5. The molecule has 0 bridgehead atoms. The number of hydrogen-bond donors (Lipinski definition) is 3. The van der Waals surface area contributed by atoms with E-state index in [4.69, 9.17) is 11.6 Å². The Kier molecular flexibility index (Phi) is 4.77. The molecule has 3 aromatic carbocycles. The molecule has 4 aromatic rings. The standard InChI is InChI=1S/C21H17ClN4O/c22-16-9-5-14(6-10-16)13-23-17-11-7-15(8-12-17)20(27)26-21-24-18-3-1-2-4-19(18)25-21/h1-12,23H,13H2,(H2,24,25,26,27). The lowest BCUT2D eigenvalue weighted by Gasteiger charge is -2.08. The number of carbonyl (C=O) groups is 1. The summed E-state index contributed by atoms with van der Waals surface area (Å²) in [5, 5.41) is 6.83. The fourth-order valence-corrected chi connectivity index (χ4v) is 2.86. The van der Waals surface area contributed by atoms with Crippen LogP contribution < -0.4 is 10.6 Å². The maximum absolute atomic E-state index is 12.4. The smallest absolute Gasteiger partial charge is 0.257 e. The second-order valence-corrected chi connectivity index (χ2v) is 6.55. The molecular formula is C21H17ClN4O. The number of nitrogens with one attached hydrogen (secondary N) is 3. The van der Waals surface area contributed by atoms with Crippen molar-refractivity contribution >= 4 is 40.2 Å². The third-order valence-corrected chi connectivity index (χ3v) is 4.43. The quantitative estimate of drug-likeness (QED) is 0.455. The fraction of sp³-hybridized carbons (Fsp3) is 0.0476. The first kappa shape index (κ1) is 17.1. The number of anilines is 2. The summed E-state index contributed by atoms with van der Waals surface area (Å²) in [7, 11) is 0. The largest absolute Gasteiger partial charge is 0.381 e. The van der Waals surface area contributed by atoms with Crippen LogP contribution in [0.15, 0.2) is 72.8 Å². The molecule has 1 heterocycles. The number of benzene rings is 3. The lowest BCUT2D eigenvalue weighted by molar-refractivity contribution is 0.102. The minimum atomic E-state index is -0.210. The zero-order chi connectivity index (χ0) is 18.6. The zero-order valence-corrected chi connectivity index (χ0v) is 15.1. The summed E-state index contributed by atoms with van der Waals surface area (Å²) in [5.41, 5.74) is 4.33. The molecule has 0 saturated carbocycles. The molecule has 6 heteroatoms. The predicted molar refractivity (Wildman–Crippen MR) is 109 cm³/mol. The Hall–Kier alpha value is -3.31. The Morgan fingerprint density at radius 2 is 1.70 bits per heavy atom. The van der Waals surface area contributed by atoms with Crippen LogP contribution in [-0.4, -0.2) is 15.9 Å². The van der Waals surface area contributed by atoms with Crippen molar-refractivity contribution in [2.75, 3.05) is 10.6 Å². The van der Waals surface area contributed by atoms with Crippen molar-refractivity contribution in [1.82, 2.24) is 9.97 Å². The molecule has 0 aliphatic heterocycles. The van der Waals surface area contributed by atoms with E-state index in [1.54, 1.807) is 12.1 Å². The van der Waals surface area contributed by atoms with E-state index in [1.165, 1.54) is 0 Å². The van der Waals surface area contributed by atoms with E-state index >= 15 is 0 Å². The van der Waals surface area contributed by atoms with Crippen LogP contribution in [0.1, 0.15) is 15.9 Å². The first-order chi connectivity index (χ1) is 13.2. The Balaban J connectivity index is 1.38. The van der Waals surface area contributed by atoms with Gasteiger partial charge in [-0.2, -0.15) is 0 Å². The summed E-state index contributed by atoms with van der Waals surface area (Å²) in [6.07, 6.45) is 0. The van der Waals surface area contributed by atoms with Gasteiger partial charge in [-0.05, 0) is 54.1 Å². The second kappa shape index (κ2) is 7.51. The zero-order valence-electron chi connectivity index (χ0n) is 14.4. The van der Waals surface area contributed by atoms with E-state index in [9.17, 15) is 4.79 Å². The lowest BCUT2D eigenvalue weighted by Crippen LogP contribution is -2.13. The van der Waals surface area contributed by atoms with Gasteiger partial charge in [0.15, 0.2) is 0 Å². The molecule has 0 fully saturated rings. The molecular weight excluding hydrogens is 360 g/mol. The number of H-pyrrole nitrogens is 1. The molecule has 1 amide bonds. The van der Waals surface area contributed by atoms with Gasteiger partial charge in [-0.25, -0.2) is 4.98 Å². The third-order valence-electron chi connectivity index (χ3n) is 4.18. The molecule has 1 aromatic heterocycles. The van der Waals surface area contributed by atoms with Crippen LogP contribution in [0.3, 0.4) is 0 Å². The van der Waals surface area contributed by atoms with Crippen LogP contribution in [0.2, 0.25) is 5.02 Å². The highest BCUT2D eigenvalue weighted by Crippen LogP contribution is 2.16. The third kappa shape index (κ3) is 4.10. The molecule has 0 aliphatic rings. The molecule has 4 rings (SSSR count). The molecule has 5 nitrogen and oxygen atoms in total. The lowest BCUT2D eigenvalue weighted by atomic mass is 10.2. The van der Waals surface area contributed by atoms with Crippen molar-refractivity contribution in [2.45, 2.75) is 6.54 Å². The molecule has 0 spiro atoms. The van der Waals surface area contributed by atoms with Gasteiger partial charge in [-0.1, -0.05) is 35.9 Å². The molecule has 134 valence electrons. The predicted octanol–water partition coefficient (Wildman–Crippen LogP) is 5.08. The average Bonchev–Trinajstić information content (AvgIpc) is 3.10. The normalized spacial score (nSPS) is 10.7. The molecule has 3 N–H and O–H groups in total. The van der Waals surface area contributed by atoms with Gasteiger partial charge in [-0.3, -0.25) is 10.1 Å². The van der Waals surface area contributed by atoms with Gasteiger partial charge in [-0.15, -0.1) is 0 Å². The summed E-state index contributed by atoms with van der Waals surface area (Å²) >= 11 is 5.89. The summed E-state index contributed by atoms with van der Waals surface area (Å²) in [4.78, 5) is 19.9. The number of rotatable bonds is 5. The van der Waals surface area contributed by atoms with Crippen molar-refractivity contribution in [3.05, 3.63) is 88.9 Å². The first-order valence-corrected chi connectivity index (χ1v) is 8.90. The van der Waals surface area contributed by atoms with E-state index in [0.29, 0.717) is 18.1 Å². The van der Waals surface area contributed by atoms with Gasteiger partial charge >= 0.3 is 0 Å². The molecule has 0 atom stereocenters. The monoisotopic (exact) mass is 376 g/mol. The topological polar surface area (TPSA) is 69.8 Å². The number of para-hydroxylation sites is 2. The van der Waals surface area contributed by atoms with Gasteiger partial charge in [0.05, 0.1) is 11.0 Å². The van der Waals surface area contributed by atoms with Crippen LogP contribution in [-0.2, 0) is 6.54 Å². The second-order valence-electron chi connectivity index (χ2n) is 6.11. The Labute approximate surface area is 161 Å². The summed E-state index contributed by atoms with van der Waals surface area (Å²) < 4.78 is 0. The molecule has 0 unspecified atom stereocenters. The summed E-state index contributed by atoms with van der Waals surface area (Å²) in [6, 6.07) is 22.6. The molecule has 0 aliphatic carbocycles. The van der Waals surface area contributed by atoms with Crippen molar-refractivity contribution in [3.8, 4) is 0 Å². The Morgan fingerprint density at radius 3 is 2.44 bits per heavy atom. The van der Waals surface area contributed by atoms with Gasteiger partial charge in [0.1, 0.15) is 0 Å². The highest BCUT2D eigenvalue weighted by molar-refractivity contribution is 6.30. The van der Waals surface area contributed by atoms with E-state index in [2.05, 4.69) is 20.6 Å². The number of nitrogens with zero attached hydrogens (tertiary/aromatic N) is 1. The number of carbonyl (C=O) groups excluding carboxylic acids is 1. The van der Waals surface area contributed by atoms with Crippen molar-refractivity contribution < 1.29 is 4.79 Å². The van der Waals surface area contributed by atoms with Gasteiger partial charge in [0.25, 0.3) is 5.91 Å².